The minimum atomic E-state index is -3.93. The summed E-state index contributed by atoms with van der Waals surface area (Å²) >= 11 is 0. The van der Waals surface area contributed by atoms with E-state index in [4.69, 9.17) is 5.26 Å². The van der Waals surface area contributed by atoms with Crippen LogP contribution in [0.2, 0.25) is 0 Å². The van der Waals surface area contributed by atoms with Gasteiger partial charge in [0, 0.05) is 5.69 Å². The van der Waals surface area contributed by atoms with E-state index in [0.717, 1.165) is 12.0 Å². The molecular weight excluding hydrogens is 326 g/mol. The molecule has 6 nitrogen and oxygen atoms in total. The second kappa shape index (κ2) is 7.73. The number of nitrogens with one attached hydrogen (secondary N) is 2. The highest BCUT2D eigenvalue weighted by atomic mass is 32.2. The summed E-state index contributed by atoms with van der Waals surface area (Å²) in [5.41, 5.74) is 1.76. The molecule has 2 rings (SSSR count). The molecule has 0 saturated heterocycles. The SMILES string of the molecule is CCc1ccc(NC(=O)CNS(=O)(=O)c2ccccc2C#N)cc1. The van der Waals surface area contributed by atoms with E-state index in [-0.39, 0.29) is 10.5 Å². The minimum Gasteiger partial charge on any atom is -0.325 e. The van der Waals surface area contributed by atoms with Gasteiger partial charge >= 0.3 is 0 Å². The molecule has 0 aliphatic carbocycles. The second-order valence-corrected chi connectivity index (χ2v) is 6.77. The Morgan fingerprint density at radius 1 is 1.12 bits per heavy atom. The van der Waals surface area contributed by atoms with E-state index in [1.807, 2.05) is 25.1 Å². The lowest BCUT2D eigenvalue weighted by Gasteiger charge is -2.09. The summed E-state index contributed by atoms with van der Waals surface area (Å²) in [5, 5.41) is 11.6. The number of carbonyl (C=O) groups is 1. The number of sulfonamides is 1. The van der Waals surface area contributed by atoms with Crippen LogP contribution in [0.1, 0.15) is 18.1 Å². The Labute approximate surface area is 141 Å². The first kappa shape index (κ1) is 17.7. The Kier molecular flexibility index (Phi) is 5.68. The average molecular weight is 343 g/mol. The van der Waals surface area contributed by atoms with Gasteiger partial charge in [-0.25, -0.2) is 13.1 Å². The molecule has 0 aromatic heterocycles. The standard InChI is InChI=1S/C17H17N3O3S/c1-2-13-7-9-15(10-8-13)20-17(21)12-19-24(22,23)16-6-4-3-5-14(16)11-18/h3-10,19H,2,12H2,1H3,(H,20,21). The van der Waals surface area contributed by atoms with Crippen molar-refractivity contribution in [3.8, 4) is 6.07 Å². The molecule has 124 valence electrons. The molecule has 0 heterocycles. The third-order valence-electron chi connectivity index (χ3n) is 3.37. The van der Waals surface area contributed by atoms with Crippen molar-refractivity contribution in [3.05, 3.63) is 59.7 Å². The van der Waals surface area contributed by atoms with E-state index in [1.165, 1.54) is 18.2 Å². The van der Waals surface area contributed by atoms with Crippen molar-refractivity contribution in [1.29, 1.82) is 5.26 Å². The minimum absolute atomic E-state index is 0.0283. The third-order valence-corrected chi connectivity index (χ3v) is 4.83. The summed E-state index contributed by atoms with van der Waals surface area (Å²) in [7, 11) is -3.93. The lowest BCUT2D eigenvalue weighted by atomic mass is 10.1. The molecule has 0 unspecified atom stereocenters. The number of nitrogens with zero attached hydrogens (tertiary/aromatic N) is 1. The quantitative estimate of drug-likeness (QED) is 0.838. The summed E-state index contributed by atoms with van der Waals surface area (Å²) in [6.07, 6.45) is 0.895. The van der Waals surface area contributed by atoms with Crippen LogP contribution in [0, 0.1) is 11.3 Å². The van der Waals surface area contributed by atoms with Gasteiger partial charge in [-0.05, 0) is 36.2 Å². The van der Waals surface area contributed by atoms with E-state index in [0.29, 0.717) is 5.69 Å². The Balaban J connectivity index is 2.01. The summed E-state index contributed by atoms with van der Waals surface area (Å²) in [6.45, 7) is 1.61. The lowest BCUT2D eigenvalue weighted by molar-refractivity contribution is -0.115. The molecule has 2 aromatic carbocycles. The van der Waals surface area contributed by atoms with Crippen LogP contribution in [0.25, 0.3) is 0 Å². The zero-order chi connectivity index (χ0) is 17.6. The molecule has 24 heavy (non-hydrogen) atoms. The van der Waals surface area contributed by atoms with Crippen LogP contribution in [0.4, 0.5) is 5.69 Å². The van der Waals surface area contributed by atoms with E-state index < -0.39 is 22.5 Å². The van der Waals surface area contributed by atoms with Crippen LogP contribution in [-0.4, -0.2) is 20.9 Å². The number of anilines is 1. The molecule has 0 radical (unpaired) electrons. The highest BCUT2D eigenvalue weighted by Crippen LogP contribution is 2.14. The first-order valence-corrected chi connectivity index (χ1v) is 8.82. The maximum absolute atomic E-state index is 12.2. The summed E-state index contributed by atoms with van der Waals surface area (Å²) in [5.74, 6) is -0.489. The van der Waals surface area contributed by atoms with Crippen LogP contribution in [0.3, 0.4) is 0 Å². The maximum Gasteiger partial charge on any atom is 0.242 e. The zero-order valence-electron chi connectivity index (χ0n) is 13.1. The molecule has 2 N–H and O–H groups in total. The predicted octanol–water partition coefficient (Wildman–Crippen LogP) is 2.04. The van der Waals surface area contributed by atoms with Gasteiger partial charge in [0.15, 0.2) is 0 Å². The van der Waals surface area contributed by atoms with E-state index in [1.54, 1.807) is 18.2 Å². The van der Waals surface area contributed by atoms with Crippen molar-refractivity contribution < 1.29 is 13.2 Å². The van der Waals surface area contributed by atoms with Gasteiger partial charge < -0.3 is 5.32 Å². The number of rotatable bonds is 6. The number of hydrogen-bond donors (Lipinski definition) is 2. The van der Waals surface area contributed by atoms with Gasteiger partial charge in [-0.3, -0.25) is 4.79 Å². The molecule has 1 amide bonds. The summed E-state index contributed by atoms with van der Waals surface area (Å²) in [4.78, 5) is 11.8. The molecule has 0 aliphatic heterocycles. The first-order chi connectivity index (χ1) is 11.5. The lowest BCUT2D eigenvalue weighted by Crippen LogP contribution is -2.33. The van der Waals surface area contributed by atoms with Gasteiger partial charge in [-0.1, -0.05) is 31.2 Å². The van der Waals surface area contributed by atoms with E-state index in [9.17, 15) is 13.2 Å². The largest absolute Gasteiger partial charge is 0.325 e. The van der Waals surface area contributed by atoms with Gasteiger partial charge in [0.2, 0.25) is 15.9 Å². The van der Waals surface area contributed by atoms with Crippen molar-refractivity contribution in [2.45, 2.75) is 18.2 Å². The molecule has 0 bridgehead atoms. The molecule has 7 heteroatoms. The fraction of sp³-hybridized carbons (Fsp3) is 0.176. The highest BCUT2D eigenvalue weighted by molar-refractivity contribution is 7.89. The number of aryl methyl sites for hydroxylation is 1. The number of nitriles is 1. The normalized spacial score (nSPS) is 10.8. The van der Waals surface area contributed by atoms with Crippen LogP contribution in [0.5, 0.6) is 0 Å². The van der Waals surface area contributed by atoms with Gasteiger partial charge in [0.05, 0.1) is 17.0 Å². The maximum atomic E-state index is 12.2. The van der Waals surface area contributed by atoms with Crippen molar-refractivity contribution >= 4 is 21.6 Å². The van der Waals surface area contributed by atoms with Crippen LogP contribution in [-0.2, 0) is 21.2 Å². The van der Waals surface area contributed by atoms with Crippen LogP contribution in [0.15, 0.2) is 53.4 Å². The number of benzene rings is 2. The molecule has 0 saturated carbocycles. The highest BCUT2D eigenvalue weighted by Gasteiger charge is 2.19. The number of amides is 1. The molecule has 0 spiro atoms. The monoisotopic (exact) mass is 343 g/mol. The Bertz CT molecular complexity index is 869. The van der Waals surface area contributed by atoms with E-state index in [2.05, 4.69) is 10.0 Å². The molecular formula is C17H17N3O3S. The molecule has 2 aromatic rings. The Morgan fingerprint density at radius 2 is 1.79 bits per heavy atom. The topological polar surface area (TPSA) is 99.1 Å². The van der Waals surface area contributed by atoms with Crippen molar-refractivity contribution in [2.75, 3.05) is 11.9 Å². The third kappa shape index (κ3) is 4.41. The number of carbonyl (C=O) groups excluding carboxylic acids is 1. The van der Waals surface area contributed by atoms with Crippen molar-refractivity contribution in [3.63, 3.8) is 0 Å². The van der Waals surface area contributed by atoms with Gasteiger partial charge in [-0.15, -0.1) is 0 Å². The first-order valence-electron chi connectivity index (χ1n) is 7.34. The van der Waals surface area contributed by atoms with Crippen LogP contribution < -0.4 is 10.0 Å². The van der Waals surface area contributed by atoms with Crippen molar-refractivity contribution in [1.82, 2.24) is 4.72 Å². The summed E-state index contributed by atoms with van der Waals surface area (Å²) in [6, 6.07) is 14.9. The predicted molar refractivity (Wildman–Crippen MR) is 90.8 cm³/mol. The van der Waals surface area contributed by atoms with Gasteiger partial charge in [0.1, 0.15) is 6.07 Å². The van der Waals surface area contributed by atoms with Gasteiger partial charge in [0.25, 0.3) is 0 Å². The zero-order valence-corrected chi connectivity index (χ0v) is 13.9. The Morgan fingerprint density at radius 3 is 2.42 bits per heavy atom. The fourth-order valence-corrected chi connectivity index (χ4v) is 3.20. The van der Waals surface area contributed by atoms with E-state index >= 15 is 0 Å². The van der Waals surface area contributed by atoms with Crippen LogP contribution >= 0.6 is 0 Å². The molecule has 0 fully saturated rings. The fourth-order valence-electron chi connectivity index (χ4n) is 2.06. The second-order valence-electron chi connectivity index (χ2n) is 5.03. The molecule has 0 aliphatic rings. The van der Waals surface area contributed by atoms with Gasteiger partial charge in [-0.2, -0.15) is 5.26 Å². The molecule has 0 atom stereocenters. The number of hydrogen-bond acceptors (Lipinski definition) is 4. The smallest absolute Gasteiger partial charge is 0.242 e. The Hall–Kier alpha value is -2.69. The van der Waals surface area contributed by atoms with Crippen molar-refractivity contribution in [2.24, 2.45) is 0 Å². The summed E-state index contributed by atoms with van der Waals surface area (Å²) < 4.78 is 26.6. The average Bonchev–Trinajstić information content (AvgIpc) is 2.60.